The first-order valence-electron chi connectivity index (χ1n) is 8.34. The van der Waals surface area contributed by atoms with Gasteiger partial charge in [-0.25, -0.2) is 13.2 Å². The molecule has 1 aliphatic rings. The molecule has 3 nitrogen and oxygen atoms in total. The number of ketones is 1. The molecule has 2 atom stereocenters. The minimum Gasteiger partial charge on any atom is -0.355 e. The summed E-state index contributed by atoms with van der Waals surface area (Å²) in [5, 5.41) is 2.58. The number of benzene rings is 2. The van der Waals surface area contributed by atoms with E-state index >= 15 is 0 Å². The Morgan fingerprint density at radius 3 is 2.50 bits per heavy atom. The normalized spacial score (nSPS) is 19.5. The van der Waals surface area contributed by atoms with Gasteiger partial charge in [0.25, 0.3) is 0 Å². The second kappa shape index (κ2) is 7.32. The van der Waals surface area contributed by atoms with Crippen molar-refractivity contribution in [3.8, 4) is 0 Å². The zero-order valence-electron chi connectivity index (χ0n) is 14.2. The summed E-state index contributed by atoms with van der Waals surface area (Å²) in [6, 6.07) is 8.08. The van der Waals surface area contributed by atoms with E-state index in [4.69, 9.17) is 0 Å². The first kappa shape index (κ1) is 18.2. The molecule has 26 heavy (non-hydrogen) atoms. The van der Waals surface area contributed by atoms with E-state index in [1.165, 1.54) is 30.3 Å². The Morgan fingerprint density at radius 1 is 1.15 bits per heavy atom. The van der Waals surface area contributed by atoms with Gasteiger partial charge in [-0.2, -0.15) is 0 Å². The van der Waals surface area contributed by atoms with E-state index in [0.29, 0.717) is 11.1 Å². The maximum atomic E-state index is 14.3. The largest absolute Gasteiger partial charge is 0.355 e. The lowest BCUT2D eigenvalue weighted by Gasteiger charge is -2.18. The number of hydrogen-bond acceptors (Lipinski definition) is 2. The van der Waals surface area contributed by atoms with E-state index in [0.717, 1.165) is 0 Å². The van der Waals surface area contributed by atoms with Crippen LogP contribution in [0.4, 0.5) is 13.2 Å². The van der Waals surface area contributed by atoms with Crippen molar-refractivity contribution >= 4 is 11.7 Å². The van der Waals surface area contributed by atoms with Gasteiger partial charge in [0.15, 0.2) is 0 Å². The Hall–Kier alpha value is -2.63. The molecule has 0 aromatic heterocycles. The van der Waals surface area contributed by atoms with Crippen LogP contribution in [0, 0.1) is 30.3 Å². The van der Waals surface area contributed by atoms with Crippen molar-refractivity contribution in [2.75, 3.05) is 6.54 Å². The van der Waals surface area contributed by atoms with Gasteiger partial charge < -0.3 is 5.32 Å². The molecule has 136 valence electrons. The number of amides is 1. The summed E-state index contributed by atoms with van der Waals surface area (Å²) in [5.74, 6) is -4.16. The van der Waals surface area contributed by atoms with Crippen LogP contribution < -0.4 is 5.32 Å². The third-order valence-electron chi connectivity index (χ3n) is 4.65. The van der Waals surface area contributed by atoms with Crippen LogP contribution in [-0.4, -0.2) is 18.2 Å². The molecule has 2 aromatic carbocycles. The Kier molecular flexibility index (Phi) is 5.11. The topological polar surface area (TPSA) is 46.2 Å². The molecule has 0 unspecified atom stereocenters. The van der Waals surface area contributed by atoms with Crippen molar-refractivity contribution in [3.05, 3.63) is 70.5 Å². The van der Waals surface area contributed by atoms with Crippen LogP contribution in [0.5, 0.6) is 0 Å². The highest BCUT2D eigenvalue weighted by Crippen LogP contribution is 2.35. The molecule has 0 aliphatic carbocycles. The second-order valence-electron chi connectivity index (χ2n) is 6.65. The summed E-state index contributed by atoms with van der Waals surface area (Å²) in [6.07, 6.45) is -0.188. The van der Waals surface area contributed by atoms with Crippen LogP contribution in [0.15, 0.2) is 36.4 Å². The first-order chi connectivity index (χ1) is 12.3. The van der Waals surface area contributed by atoms with Gasteiger partial charge >= 0.3 is 0 Å². The van der Waals surface area contributed by atoms with Gasteiger partial charge in [-0.3, -0.25) is 9.59 Å². The molecule has 0 saturated carbocycles. The number of Topliss-reactive ketones (excluding diaryl/α,β-unsaturated/α-hetero) is 1. The molecule has 0 bridgehead atoms. The van der Waals surface area contributed by atoms with E-state index in [2.05, 4.69) is 5.32 Å². The standard InChI is InChI=1S/C20H18F3NO2/c1-11-5-17(22)19(18(23)6-11)16-10-24-20(26)15(16)9-14(25)8-12-3-2-4-13(21)7-12/h2-7,15-16H,8-10H2,1H3,(H,24,26)/t15-,16+/m0/s1. The van der Waals surface area contributed by atoms with E-state index in [1.807, 2.05) is 0 Å². The number of aryl methyl sites for hydroxylation is 1. The Balaban J connectivity index is 1.79. The van der Waals surface area contributed by atoms with Gasteiger partial charge in [-0.05, 0) is 42.3 Å². The van der Waals surface area contributed by atoms with Crippen molar-refractivity contribution in [3.63, 3.8) is 0 Å². The smallest absolute Gasteiger partial charge is 0.224 e. The molecular formula is C20H18F3NO2. The van der Waals surface area contributed by atoms with E-state index in [9.17, 15) is 22.8 Å². The van der Waals surface area contributed by atoms with E-state index in [1.54, 1.807) is 13.0 Å². The average Bonchev–Trinajstić information content (AvgIpc) is 2.87. The number of halogens is 3. The quantitative estimate of drug-likeness (QED) is 0.887. The lowest BCUT2D eigenvalue weighted by atomic mass is 9.83. The summed E-state index contributed by atoms with van der Waals surface area (Å²) < 4.78 is 41.8. The highest BCUT2D eigenvalue weighted by Gasteiger charge is 2.39. The highest BCUT2D eigenvalue weighted by atomic mass is 19.1. The number of hydrogen-bond donors (Lipinski definition) is 1. The van der Waals surface area contributed by atoms with Crippen LogP contribution in [0.3, 0.4) is 0 Å². The SMILES string of the molecule is Cc1cc(F)c([C@@H]2CNC(=O)[C@H]2CC(=O)Cc2cccc(F)c2)c(F)c1. The second-order valence-corrected chi connectivity index (χ2v) is 6.65. The Bertz CT molecular complexity index is 843. The Morgan fingerprint density at radius 2 is 1.85 bits per heavy atom. The summed E-state index contributed by atoms with van der Waals surface area (Å²) in [6.45, 7) is 1.65. The number of rotatable bonds is 5. The van der Waals surface area contributed by atoms with Gasteiger partial charge in [0, 0.05) is 30.9 Å². The van der Waals surface area contributed by atoms with Crippen LogP contribution in [-0.2, 0) is 16.0 Å². The van der Waals surface area contributed by atoms with Crippen molar-refractivity contribution in [2.24, 2.45) is 5.92 Å². The van der Waals surface area contributed by atoms with Crippen molar-refractivity contribution in [2.45, 2.75) is 25.7 Å². The van der Waals surface area contributed by atoms with Crippen LogP contribution >= 0.6 is 0 Å². The molecule has 1 N–H and O–H groups in total. The lowest BCUT2D eigenvalue weighted by Crippen LogP contribution is -2.23. The van der Waals surface area contributed by atoms with Gasteiger partial charge in [-0.1, -0.05) is 12.1 Å². The monoisotopic (exact) mass is 361 g/mol. The molecule has 1 amide bonds. The maximum Gasteiger partial charge on any atom is 0.224 e. The van der Waals surface area contributed by atoms with Gasteiger partial charge in [0.05, 0.1) is 5.92 Å². The zero-order chi connectivity index (χ0) is 18.8. The van der Waals surface area contributed by atoms with Gasteiger partial charge in [0.2, 0.25) is 5.91 Å². The minimum absolute atomic E-state index is 0.0346. The third kappa shape index (κ3) is 3.79. The van der Waals surface area contributed by atoms with Crippen molar-refractivity contribution in [1.82, 2.24) is 5.32 Å². The summed E-state index contributed by atoms with van der Waals surface area (Å²) >= 11 is 0. The average molecular weight is 361 g/mol. The molecular weight excluding hydrogens is 343 g/mol. The molecule has 1 heterocycles. The van der Waals surface area contributed by atoms with Crippen LogP contribution in [0.1, 0.15) is 29.0 Å². The first-order valence-corrected chi connectivity index (χ1v) is 8.34. The predicted octanol–water partition coefficient (Wildman–Crippen LogP) is 3.44. The van der Waals surface area contributed by atoms with Gasteiger partial charge in [-0.15, -0.1) is 0 Å². The number of nitrogens with one attached hydrogen (secondary N) is 1. The Labute approximate surface area is 149 Å². The molecule has 1 aliphatic heterocycles. The maximum absolute atomic E-state index is 14.3. The fourth-order valence-electron chi connectivity index (χ4n) is 3.46. The number of carbonyl (C=O) groups excluding carboxylic acids is 2. The summed E-state index contributed by atoms with van der Waals surface area (Å²) in [5.41, 5.74) is 0.773. The summed E-state index contributed by atoms with van der Waals surface area (Å²) in [7, 11) is 0. The van der Waals surface area contributed by atoms with Crippen LogP contribution in [0.2, 0.25) is 0 Å². The summed E-state index contributed by atoms with van der Waals surface area (Å²) in [4.78, 5) is 24.5. The molecule has 0 radical (unpaired) electrons. The molecule has 3 rings (SSSR count). The van der Waals surface area contributed by atoms with Crippen molar-refractivity contribution < 1.29 is 22.8 Å². The zero-order valence-corrected chi connectivity index (χ0v) is 14.2. The van der Waals surface area contributed by atoms with E-state index < -0.39 is 35.2 Å². The van der Waals surface area contributed by atoms with Crippen LogP contribution in [0.25, 0.3) is 0 Å². The van der Waals surface area contributed by atoms with E-state index in [-0.39, 0.29) is 30.7 Å². The lowest BCUT2D eigenvalue weighted by molar-refractivity contribution is -0.127. The number of carbonyl (C=O) groups is 2. The fraction of sp³-hybridized carbons (Fsp3) is 0.300. The third-order valence-corrected chi connectivity index (χ3v) is 4.65. The molecule has 6 heteroatoms. The predicted molar refractivity (Wildman–Crippen MR) is 90.1 cm³/mol. The van der Waals surface area contributed by atoms with Crippen molar-refractivity contribution in [1.29, 1.82) is 0 Å². The fourth-order valence-corrected chi connectivity index (χ4v) is 3.46. The molecule has 1 saturated heterocycles. The van der Waals surface area contributed by atoms with Gasteiger partial charge in [0.1, 0.15) is 23.2 Å². The highest BCUT2D eigenvalue weighted by molar-refractivity contribution is 5.90. The molecule has 2 aromatic rings. The molecule has 0 spiro atoms. The molecule has 1 fully saturated rings. The minimum atomic E-state index is -0.845.